The number of aliphatic carboxylic acids is 1. The van der Waals surface area contributed by atoms with Crippen LogP contribution in [0.2, 0.25) is 0 Å². The molecule has 0 unspecified atom stereocenters. The van der Waals surface area contributed by atoms with Gasteiger partial charge in [-0.15, -0.1) is 0 Å². The van der Waals surface area contributed by atoms with E-state index in [0.717, 1.165) is 5.56 Å². The Bertz CT molecular complexity index is 1300. The van der Waals surface area contributed by atoms with Crippen molar-refractivity contribution in [2.75, 3.05) is 4.90 Å². The van der Waals surface area contributed by atoms with Gasteiger partial charge in [-0.2, -0.15) is 10.1 Å². The average Bonchev–Trinajstić information content (AvgIpc) is 3.12. The Morgan fingerprint density at radius 3 is 2.48 bits per heavy atom. The quantitative estimate of drug-likeness (QED) is 0.704. The number of benzene rings is 2. The number of carbonyl (C=O) groups excluding carboxylic acids is 1. The highest BCUT2D eigenvalue weighted by atomic mass is 16.4. The van der Waals surface area contributed by atoms with Gasteiger partial charge in [0.1, 0.15) is 0 Å². The molecule has 1 amide bonds. The molecule has 5 rings (SSSR count). The van der Waals surface area contributed by atoms with Crippen molar-refractivity contribution in [3.63, 3.8) is 0 Å². The summed E-state index contributed by atoms with van der Waals surface area (Å²) in [5.41, 5.74) is 0.338. The van der Waals surface area contributed by atoms with Crippen LogP contribution in [0.25, 0.3) is 22.6 Å². The molecule has 2 aliphatic rings. The SMILES string of the molecule is CC(C)c1ccc(-c2nn3c(nc2=O)-c2ccccc2N2C(=O)CC[C@@]23C(=O)O)cc1. The first-order chi connectivity index (χ1) is 14.8. The maximum atomic E-state index is 12.9. The second-order valence-corrected chi connectivity index (χ2v) is 8.15. The predicted octanol–water partition coefficient (Wildman–Crippen LogP) is 2.97. The number of carbonyl (C=O) groups is 2. The fourth-order valence-corrected chi connectivity index (χ4v) is 4.42. The van der Waals surface area contributed by atoms with Crippen LogP contribution in [0.15, 0.2) is 53.3 Å². The van der Waals surface area contributed by atoms with Gasteiger partial charge in [-0.3, -0.25) is 14.5 Å². The third-order valence-corrected chi connectivity index (χ3v) is 6.05. The number of carboxylic acids is 1. The second kappa shape index (κ2) is 6.60. The lowest BCUT2D eigenvalue weighted by Gasteiger charge is -2.41. The first kappa shape index (κ1) is 19.2. The van der Waals surface area contributed by atoms with Crippen molar-refractivity contribution >= 4 is 17.6 Å². The molecule has 1 aromatic heterocycles. The van der Waals surface area contributed by atoms with Crippen molar-refractivity contribution in [3.8, 4) is 22.6 Å². The molecule has 1 N–H and O–H groups in total. The van der Waals surface area contributed by atoms with Crippen LogP contribution in [-0.4, -0.2) is 31.7 Å². The van der Waals surface area contributed by atoms with E-state index in [1.807, 2.05) is 12.1 Å². The zero-order valence-corrected chi connectivity index (χ0v) is 17.1. The number of rotatable bonds is 3. The summed E-state index contributed by atoms with van der Waals surface area (Å²) in [5.74, 6) is -1.04. The molecule has 31 heavy (non-hydrogen) atoms. The minimum Gasteiger partial charge on any atom is -0.478 e. The number of hydrogen-bond acceptors (Lipinski definition) is 5. The summed E-state index contributed by atoms with van der Waals surface area (Å²) in [6.07, 6.45) is 0.0953. The summed E-state index contributed by atoms with van der Waals surface area (Å²) < 4.78 is 1.25. The lowest BCUT2D eigenvalue weighted by atomic mass is 9.99. The van der Waals surface area contributed by atoms with Crippen LogP contribution in [0.5, 0.6) is 0 Å². The Labute approximate surface area is 177 Å². The number of nitrogens with zero attached hydrogens (tertiary/aromatic N) is 4. The number of amides is 1. The van der Waals surface area contributed by atoms with E-state index in [1.165, 1.54) is 9.58 Å². The number of para-hydroxylation sites is 1. The topological polar surface area (TPSA) is 105 Å². The average molecular weight is 416 g/mol. The third-order valence-electron chi connectivity index (χ3n) is 6.05. The van der Waals surface area contributed by atoms with Gasteiger partial charge in [0.25, 0.3) is 5.56 Å². The van der Waals surface area contributed by atoms with Crippen molar-refractivity contribution < 1.29 is 14.7 Å². The van der Waals surface area contributed by atoms with Gasteiger partial charge in [-0.05, 0) is 23.6 Å². The molecular formula is C23H20N4O4. The molecule has 8 nitrogen and oxygen atoms in total. The summed E-state index contributed by atoms with van der Waals surface area (Å²) >= 11 is 0. The highest BCUT2D eigenvalue weighted by Gasteiger charge is 2.58. The monoisotopic (exact) mass is 416 g/mol. The Balaban J connectivity index is 1.80. The van der Waals surface area contributed by atoms with Gasteiger partial charge in [-0.25, -0.2) is 9.48 Å². The minimum absolute atomic E-state index is 0.0335. The maximum Gasteiger partial charge on any atom is 0.353 e. The third kappa shape index (κ3) is 2.57. The molecule has 2 aromatic carbocycles. The molecular weight excluding hydrogens is 396 g/mol. The van der Waals surface area contributed by atoms with Crippen LogP contribution in [-0.2, 0) is 15.3 Å². The van der Waals surface area contributed by atoms with Crippen LogP contribution < -0.4 is 10.5 Å². The Hall–Kier alpha value is -3.81. The molecule has 0 radical (unpaired) electrons. The van der Waals surface area contributed by atoms with Gasteiger partial charge < -0.3 is 5.11 Å². The number of carboxylic acid groups (broad SMARTS) is 1. The van der Waals surface area contributed by atoms with Crippen LogP contribution in [0.1, 0.15) is 38.2 Å². The van der Waals surface area contributed by atoms with Gasteiger partial charge in [0.2, 0.25) is 11.6 Å². The Morgan fingerprint density at radius 1 is 1.10 bits per heavy atom. The summed E-state index contributed by atoms with van der Waals surface area (Å²) in [4.78, 5) is 43.8. The molecule has 0 bridgehead atoms. The van der Waals surface area contributed by atoms with Crippen molar-refractivity contribution in [1.82, 2.24) is 14.8 Å². The van der Waals surface area contributed by atoms with Crippen LogP contribution in [0.4, 0.5) is 5.69 Å². The number of anilines is 1. The van der Waals surface area contributed by atoms with E-state index in [1.54, 1.807) is 36.4 Å². The maximum absolute atomic E-state index is 12.9. The van der Waals surface area contributed by atoms with E-state index in [0.29, 0.717) is 22.7 Å². The molecule has 8 heteroatoms. The van der Waals surface area contributed by atoms with E-state index in [9.17, 15) is 19.5 Å². The molecule has 0 spiro atoms. The smallest absolute Gasteiger partial charge is 0.353 e. The van der Waals surface area contributed by atoms with Crippen molar-refractivity contribution in [2.24, 2.45) is 0 Å². The normalized spacial score (nSPS) is 19.2. The zero-order valence-electron chi connectivity index (χ0n) is 17.1. The molecule has 3 aromatic rings. The fourth-order valence-electron chi connectivity index (χ4n) is 4.42. The molecule has 1 fully saturated rings. The largest absolute Gasteiger partial charge is 0.478 e. The lowest BCUT2D eigenvalue weighted by Crippen LogP contribution is -2.58. The number of fused-ring (bicyclic) bond motifs is 6. The minimum atomic E-state index is -1.76. The molecule has 3 heterocycles. The molecule has 0 aliphatic carbocycles. The van der Waals surface area contributed by atoms with Gasteiger partial charge in [-0.1, -0.05) is 50.2 Å². The first-order valence-corrected chi connectivity index (χ1v) is 10.1. The second-order valence-electron chi connectivity index (χ2n) is 8.15. The zero-order chi connectivity index (χ0) is 21.9. The highest BCUT2D eigenvalue weighted by molar-refractivity contribution is 6.07. The standard InChI is InChI=1S/C23H20N4O4/c1-13(2)14-7-9-15(10-8-14)19-21(29)24-20-16-5-3-4-6-17(16)26-18(28)11-12-23(26,22(30)31)27(20)25-19/h3-10,13H,11-12H2,1-2H3,(H,30,31)/t23-/m1/s1. The van der Waals surface area contributed by atoms with E-state index in [-0.39, 0.29) is 30.3 Å². The van der Waals surface area contributed by atoms with Gasteiger partial charge in [0, 0.05) is 24.0 Å². The van der Waals surface area contributed by atoms with Crippen LogP contribution >= 0.6 is 0 Å². The van der Waals surface area contributed by atoms with Crippen molar-refractivity contribution in [1.29, 1.82) is 0 Å². The summed E-state index contributed by atoms with van der Waals surface area (Å²) in [5, 5.41) is 14.8. The predicted molar refractivity (Wildman–Crippen MR) is 114 cm³/mol. The highest BCUT2D eigenvalue weighted by Crippen LogP contribution is 2.47. The van der Waals surface area contributed by atoms with E-state index < -0.39 is 17.2 Å². The van der Waals surface area contributed by atoms with E-state index >= 15 is 0 Å². The Morgan fingerprint density at radius 2 is 1.81 bits per heavy atom. The van der Waals surface area contributed by atoms with Gasteiger partial charge in [0.05, 0.1) is 5.69 Å². The summed E-state index contributed by atoms with van der Waals surface area (Å²) in [6.45, 7) is 4.14. The molecule has 2 aliphatic heterocycles. The molecule has 0 saturated carbocycles. The van der Waals surface area contributed by atoms with Crippen LogP contribution in [0, 0.1) is 0 Å². The van der Waals surface area contributed by atoms with Crippen molar-refractivity contribution in [2.45, 2.75) is 38.3 Å². The summed E-state index contributed by atoms with van der Waals surface area (Å²) in [6, 6.07) is 14.3. The molecule has 1 atom stereocenters. The van der Waals surface area contributed by atoms with Crippen LogP contribution in [0.3, 0.4) is 0 Å². The van der Waals surface area contributed by atoms with Gasteiger partial charge >= 0.3 is 5.97 Å². The van der Waals surface area contributed by atoms with E-state index in [4.69, 9.17) is 0 Å². The molecule has 156 valence electrons. The van der Waals surface area contributed by atoms with E-state index in [2.05, 4.69) is 23.9 Å². The fraction of sp³-hybridized carbons (Fsp3) is 0.261. The summed E-state index contributed by atoms with van der Waals surface area (Å²) in [7, 11) is 0. The first-order valence-electron chi connectivity index (χ1n) is 10.1. The van der Waals surface area contributed by atoms with Gasteiger partial charge in [0.15, 0.2) is 11.5 Å². The number of aromatic nitrogens is 3. The van der Waals surface area contributed by atoms with Crippen molar-refractivity contribution in [3.05, 3.63) is 64.4 Å². The lowest BCUT2D eigenvalue weighted by molar-refractivity contribution is -0.148. The Kier molecular flexibility index (Phi) is 4.08. The number of hydrogen-bond donors (Lipinski definition) is 1. The molecule has 1 saturated heterocycles.